The third kappa shape index (κ3) is 5.79. The minimum absolute atomic E-state index is 0.0925. The fraction of sp³-hybridized carbons (Fsp3) is 0.226. The number of aromatic nitrogens is 4. The number of nitrogens with zero attached hydrogens (tertiary/aromatic N) is 5. The lowest BCUT2D eigenvalue weighted by Gasteiger charge is -2.27. The molecule has 2 heterocycles. The van der Waals surface area contributed by atoms with E-state index in [1.54, 1.807) is 10.9 Å². The van der Waals surface area contributed by atoms with Crippen molar-refractivity contribution < 1.29 is 4.79 Å². The van der Waals surface area contributed by atoms with Crippen molar-refractivity contribution in [3.8, 4) is 11.3 Å². The highest BCUT2D eigenvalue weighted by atomic mass is 16.1. The molecule has 38 heavy (non-hydrogen) atoms. The predicted molar refractivity (Wildman–Crippen MR) is 151 cm³/mol. The van der Waals surface area contributed by atoms with Gasteiger partial charge in [-0.15, -0.1) is 5.10 Å². The van der Waals surface area contributed by atoms with E-state index in [4.69, 9.17) is 0 Å². The highest BCUT2D eigenvalue weighted by Crippen LogP contribution is 2.23. The van der Waals surface area contributed by atoms with Crippen molar-refractivity contribution in [2.24, 2.45) is 0 Å². The van der Waals surface area contributed by atoms with Crippen LogP contribution in [0.5, 0.6) is 0 Å². The molecule has 0 radical (unpaired) electrons. The third-order valence-corrected chi connectivity index (χ3v) is 6.91. The third-order valence-electron chi connectivity index (χ3n) is 6.91. The van der Waals surface area contributed by atoms with Crippen LogP contribution < -0.4 is 5.32 Å². The molecule has 0 aliphatic heterocycles. The molecular weight excluding hydrogens is 472 g/mol. The Hall–Kier alpha value is -4.36. The van der Waals surface area contributed by atoms with Crippen LogP contribution in [0.25, 0.3) is 22.0 Å². The second kappa shape index (κ2) is 11.8. The van der Waals surface area contributed by atoms with Crippen LogP contribution in [0.3, 0.4) is 0 Å². The zero-order chi connectivity index (χ0) is 26.3. The van der Waals surface area contributed by atoms with Gasteiger partial charge in [0.25, 0.3) is 5.91 Å². The molecule has 5 aromatic rings. The molecule has 0 aliphatic rings. The fourth-order valence-electron chi connectivity index (χ4n) is 4.70. The minimum atomic E-state index is -0.113. The molecule has 0 aliphatic carbocycles. The Morgan fingerprint density at radius 2 is 1.74 bits per heavy atom. The van der Waals surface area contributed by atoms with E-state index in [2.05, 4.69) is 57.6 Å². The van der Waals surface area contributed by atoms with Gasteiger partial charge < -0.3 is 10.2 Å². The van der Waals surface area contributed by atoms with Gasteiger partial charge in [0.15, 0.2) is 0 Å². The summed E-state index contributed by atoms with van der Waals surface area (Å²) in [5.41, 5.74) is 4.40. The summed E-state index contributed by atoms with van der Waals surface area (Å²) in [5, 5.41) is 14.2. The van der Waals surface area contributed by atoms with Crippen molar-refractivity contribution >= 4 is 16.7 Å². The van der Waals surface area contributed by atoms with E-state index >= 15 is 0 Å². The molecule has 0 bridgehead atoms. The first-order valence-electron chi connectivity index (χ1n) is 13.0. The van der Waals surface area contributed by atoms with Crippen LogP contribution >= 0.6 is 0 Å². The summed E-state index contributed by atoms with van der Waals surface area (Å²) in [7, 11) is 0. The lowest BCUT2D eigenvalue weighted by atomic mass is 10.0. The standard InChI is InChI=1S/C31H32N6O/c1-3-36(4-2)21-29(23-10-6-5-7-11-23)33-31(38)28-13-9-8-12-27(28)20-37-22-30(34-35-37)25-14-15-26-19-32-17-16-24(26)18-25/h5-19,22,29H,3-4,20-21H2,1-2H3,(H,33,38). The molecule has 1 unspecified atom stereocenters. The van der Waals surface area contributed by atoms with Gasteiger partial charge in [0.1, 0.15) is 5.69 Å². The first-order chi connectivity index (χ1) is 18.6. The van der Waals surface area contributed by atoms with E-state index in [1.807, 2.05) is 73.1 Å². The molecule has 1 N–H and O–H groups in total. The smallest absolute Gasteiger partial charge is 0.252 e. The first kappa shape index (κ1) is 25.3. The molecule has 7 nitrogen and oxygen atoms in total. The maximum atomic E-state index is 13.6. The summed E-state index contributed by atoms with van der Waals surface area (Å²) < 4.78 is 1.78. The maximum Gasteiger partial charge on any atom is 0.252 e. The van der Waals surface area contributed by atoms with E-state index < -0.39 is 0 Å². The number of rotatable bonds is 10. The van der Waals surface area contributed by atoms with Crippen LogP contribution in [0.2, 0.25) is 0 Å². The highest BCUT2D eigenvalue weighted by molar-refractivity contribution is 5.96. The number of hydrogen-bond donors (Lipinski definition) is 1. The predicted octanol–water partition coefficient (Wildman–Crippen LogP) is 5.35. The van der Waals surface area contributed by atoms with Crippen LogP contribution in [-0.4, -0.2) is 50.4 Å². The molecule has 0 saturated heterocycles. The van der Waals surface area contributed by atoms with Gasteiger partial charge in [0.05, 0.1) is 18.8 Å². The zero-order valence-electron chi connectivity index (χ0n) is 21.8. The largest absolute Gasteiger partial charge is 0.344 e. The molecule has 5 rings (SSSR count). The van der Waals surface area contributed by atoms with Gasteiger partial charge in [-0.2, -0.15) is 0 Å². The molecule has 0 saturated carbocycles. The summed E-state index contributed by atoms with van der Waals surface area (Å²) in [4.78, 5) is 20.1. The van der Waals surface area contributed by atoms with Crippen LogP contribution in [0.4, 0.5) is 0 Å². The lowest BCUT2D eigenvalue weighted by Crippen LogP contribution is -2.38. The van der Waals surface area contributed by atoms with Gasteiger partial charge in [-0.1, -0.05) is 79.7 Å². The van der Waals surface area contributed by atoms with Crippen LogP contribution in [-0.2, 0) is 6.54 Å². The highest BCUT2D eigenvalue weighted by Gasteiger charge is 2.20. The number of nitrogens with one attached hydrogen (secondary N) is 1. The second-order valence-electron chi connectivity index (χ2n) is 9.32. The number of benzene rings is 3. The van der Waals surface area contributed by atoms with Crippen molar-refractivity contribution in [1.29, 1.82) is 0 Å². The Morgan fingerprint density at radius 1 is 0.947 bits per heavy atom. The Bertz CT molecular complexity index is 1510. The molecule has 0 spiro atoms. The average molecular weight is 505 g/mol. The number of likely N-dealkylation sites (N-methyl/N-ethyl adjacent to an activating group) is 1. The van der Waals surface area contributed by atoms with Crippen molar-refractivity contribution in [3.63, 3.8) is 0 Å². The number of amides is 1. The second-order valence-corrected chi connectivity index (χ2v) is 9.32. The van der Waals surface area contributed by atoms with Crippen molar-refractivity contribution in [3.05, 3.63) is 114 Å². The number of hydrogen-bond acceptors (Lipinski definition) is 5. The first-order valence-corrected chi connectivity index (χ1v) is 13.0. The fourth-order valence-corrected chi connectivity index (χ4v) is 4.70. The summed E-state index contributed by atoms with van der Waals surface area (Å²) in [5.74, 6) is -0.0925. The Kier molecular flexibility index (Phi) is 7.85. The van der Waals surface area contributed by atoms with Crippen LogP contribution in [0.1, 0.15) is 41.4 Å². The number of carbonyl (C=O) groups is 1. The average Bonchev–Trinajstić information content (AvgIpc) is 3.44. The van der Waals surface area contributed by atoms with E-state index in [9.17, 15) is 4.79 Å². The normalized spacial score (nSPS) is 12.1. The van der Waals surface area contributed by atoms with Crippen molar-refractivity contribution in [2.45, 2.75) is 26.4 Å². The van der Waals surface area contributed by atoms with E-state index in [0.29, 0.717) is 12.1 Å². The lowest BCUT2D eigenvalue weighted by molar-refractivity contribution is 0.0924. The minimum Gasteiger partial charge on any atom is -0.344 e. The van der Waals surface area contributed by atoms with E-state index in [0.717, 1.165) is 52.8 Å². The van der Waals surface area contributed by atoms with E-state index in [-0.39, 0.29) is 11.9 Å². The molecule has 1 amide bonds. The Balaban J connectivity index is 1.36. The van der Waals surface area contributed by atoms with Gasteiger partial charge >= 0.3 is 0 Å². The summed E-state index contributed by atoms with van der Waals surface area (Å²) in [6.07, 6.45) is 5.56. The van der Waals surface area contributed by atoms with Crippen LogP contribution in [0, 0.1) is 0 Å². The summed E-state index contributed by atoms with van der Waals surface area (Å²) in [6, 6.07) is 25.9. The van der Waals surface area contributed by atoms with Gasteiger partial charge in [0.2, 0.25) is 0 Å². The molecule has 192 valence electrons. The molecule has 2 aromatic heterocycles. The monoisotopic (exact) mass is 504 g/mol. The quantitative estimate of drug-likeness (QED) is 0.277. The molecule has 3 aromatic carbocycles. The van der Waals surface area contributed by atoms with Gasteiger partial charge in [0, 0.05) is 35.5 Å². The number of carbonyl (C=O) groups excluding carboxylic acids is 1. The molecule has 7 heteroatoms. The number of fused-ring (bicyclic) bond motifs is 1. The zero-order valence-corrected chi connectivity index (χ0v) is 21.8. The number of pyridine rings is 1. The molecule has 0 fully saturated rings. The maximum absolute atomic E-state index is 13.6. The Morgan fingerprint density at radius 3 is 2.55 bits per heavy atom. The SMILES string of the molecule is CCN(CC)CC(NC(=O)c1ccccc1Cn1cc(-c2ccc3cnccc3c2)nn1)c1ccccc1. The topological polar surface area (TPSA) is 75.9 Å². The van der Waals surface area contributed by atoms with Gasteiger partial charge in [-0.3, -0.25) is 9.78 Å². The molecular formula is C31H32N6O. The van der Waals surface area contributed by atoms with E-state index in [1.165, 1.54) is 0 Å². The van der Waals surface area contributed by atoms with Gasteiger partial charge in [-0.25, -0.2) is 4.68 Å². The Labute approximate surface area is 223 Å². The molecule has 1 atom stereocenters. The summed E-state index contributed by atoms with van der Waals surface area (Å²) >= 11 is 0. The van der Waals surface area contributed by atoms with Crippen molar-refractivity contribution in [1.82, 2.24) is 30.2 Å². The summed E-state index contributed by atoms with van der Waals surface area (Å²) in [6.45, 7) is 7.33. The van der Waals surface area contributed by atoms with Crippen molar-refractivity contribution in [2.75, 3.05) is 19.6 Å². The van der Waals surface area contributed by atoms with Crippen LogP contribution in [0.15, 0.2) is 97.5 Å². The van der Waals surface area contributed by atoms with Gasteiger partial charge in [-0.05, 0) is 47.8 Å².